The number of likely N-dealkylation sites (tertiary alicyclic amines) is 1. The van der Waals surface area contributed by atoms with Crippen molar-refractivity contribution in [1.82, 2.24) is 14.7 Å². The largest absolute Gasteiger partial charge is 0.497 e. The van der Waals surface area contributed by atoms with E-state index in [1.165, 1.54) is 10.9 Å². The van der Waals surface area contributed by atoms with Crippen molar-refractivity contribution in [1.29, 1.82) is 0 Å². The molecule has 44 heavy (non-hydrogen) atoms. The number of carbonyl (C=O) groups is 2. The van der Waals surface area contributed by atoms with Crippen molar-refractivity contribution in [3.05, 3.63) is 100.0 Å². The predicted octanol–water partition coefficient (Wildman–Crippen LogP) is 5.81. The van der Waals surface area contributed by atoms with Gasteiger partial charge in [-0.3, -0.25) is 14.4 Å². The lowest BCUT2D eigenvalue weighted by molar-refractivity contribution is -0.149. The van der Waals surface area contributed by atoms with E-state index in [1.807, 2.05) is 32.0 Å². The molecule has 1 atom stereocenters. The van der Waals surface area contributed by atoms with E-state index in [0.29, 0.717) is 61.0 Å². The smallest absolute Gasteiger partial charge is 0.310 e. The summed E-state index contributed by atoms with van der Waals surface area (Å²) in [4.78, 5) is 41.4. The number of hydrogen-bond acceptors (Lipinski definition) is 8. The van der Waals surface area contributed by atoms with Gasteiger partial charge in [0, 0.05) is 24.3 Å². The van der Waals surface area contributed by atoms with Crippen LogP contribution in [0.3, 0.4) is 0 Å². The van der Waals surface area contributed by atoms with Gasteiger partial charge in [-0.25, -0.2) is 0 Å². The van der Waals surface area contributed by atoms with Crippen molar-refractivity contribution < 1.29 is 23.8 Å². The number of carbonyl (C=O) groups excluding carboxylic acids is 2. The molecule has 0 unspecified atom stereocenters. The summed E-state index contributed by atoms with van der Waals surface area (Å²) >= 11 is 0. The Kier molecular flexibility index (Phi) is 9.28. The fraction of sp³-hybridized carbons (Fsp3) is 0.294. The van der Waals surface area contributed by atoms with Gasteiger partial charge in [0.1, 0.15) is 11.5 Å². The predicted molar refractivity (Wildman–Crippen MR) is 167 cm³/mol. The molecule has 1 amide bonds. The Hall–Kier alpha value is -5.12. The van der Waals surface area contributed by atoms with Gasteiger partial charge >= 0.3 is 5.97 Å². The second-order valence-corrected chi connectivity index (χ2v) is 10.6. The van der Waals surface area contributed by atoms with Gasteiger partial charge in [-0.05, 0) is 93.3 Å². The molecule has 1 aliphatic rings. The summed E-state index contributed by atoms with van der Waals surface area (Å²) in [5.74, 6) is 0.674. The summed E-state index contributed by atoms with van der Waals surface area (Å²) in [6, 6.07) is 19.6. The Balaban J connectivity index is 1.48. The summed E-state index contributed by atoms with van der Waals surface area (Å²) in [6.07, 6.45) is 2.90. The van der Waals surface area contributed by atoms with E-state index in [4.69, 9.17) is 14.2 Å². The molecule has 3 aromatic carbocycles. The lowest BCUT2D eigenvalue weighted by Crippen LogP contribution is -2.42. The highest BCUT2D eigenvalue weighted by atomic mass is 16.5. The van der Waals surface area contributed by atoms with Crippen LogP contribution in [0.5, 0.6) is 17.2 Å². The molecule has 1 N–H and O–H groups in total. The van der Waals surface area contributed by atoms with Crippen LogP contribution in [0, 0.1) is 19.8 Å². The number of piperidine rings is 1. The van der Waals surface area contributed by atoms with Crippen LogP contribution in [-0.4, -0.2) is 53.4 Å². The zero-order chi connectivity index (χ0) is 31.2. The zero-order valence-electron chi connectivity index (χ0n) is 25.3. The number of hydrogen-bond donors (Lipinski definition) is 1. The fourth-order valence-electron chi connectivity index (χ4n) is 5.16. The summed E-state index contributed by atoms with van der Waals surface area (Å²) in [6.45, 7) is 6.88. The number of nitrogens with one attached hydrogen (secondary N) is 1. The first kappa shape index (κ1) is 30.3. The maximum Gasteiger partial charge on any atom is 0.310 e. The summed E-state index contributed by atoms with van der Waals surface area (Å²) < 4.78 is 18.0. The van der Waals surface area contributed by atoms with Crippen LogP contribution < -0.4 is 20.3 Å². The van der Waals surface area contributed by atoms with E-state index in [1.54, 1.807) is 67.5 Å². The fourth-order valence-corrected chi connectivity index (χ4v) is 5.16. The van der Waals surface area contributed by atoms with Gasteiger partial charge in [0.05, 0.1) is 31.5 Å². The van der Waals surface area contributed by atoms with Crippen molar-refractivity contribution in [2.45, 2.75) is 33.6 Å². The Morgan fingerprint density at radius 2 is 1.80 bits per heavy atom. The Morgan fingerprint density at radius 3 is 2.55 bits per heavy atom. The maximum atomic E-state index is 13.9. The van der Waals surface area contributed by atoms with Gasteiger partial charge < -0.3 is 24.4 Å². The van der Waals surface area contributed by atoms with Crippen molar-refractivity contribution in [3.63, 3.8) is 0 Å². The van der Waals surface area contributed by atoms with Gasteiger partial charge in [0.25, 0.3) is 11.5 Å². The molecule has 1 aromatic heterocycles. The average molecular weight is 597 g/mol. The first-order valence-corrected chi connectivity index (χ1v) is 14.6. The minimum Gasteiger partial charge on any atom is -0.497 e. The standard InChI is InChI=1S/C34H36N4O6/c1-5-43-34(41)25-11-8-18-37(21-25)32(39)24-10-7-12-26(19-24)36-31-30(44-29-13-6-9-22(2)23(29)3)20-35-38(33(31)40)27-14-16-28(42-4)17-15-27/h6-7,9-10,12-17,19-20,25,36H,5,8,11,18,21H2,1-4H3/t25-/m1/s1. The molecule has 1 fully saturated rings. The molecule has 4 aromatic rings. The van der Waals surface area contributed by atoms with E-state index in [0.717, 1.165) is 11.1 Å². The molecule has 0 saturated carbocycles. The molecule has 2 heterocycles. The van der Waals surface area contributed by atoms with Crippen LogP contribution in [0.4, 0.5) is 11.4 Å². The second kappa shape index (κ2) is 13.5. The number of aromatic nitrogens is 2. The first-order valence-electron chi connectivity index (χ1n) is 14.6. The first-order chi connectivity index (χ1) is 21.3. The quantitative estimate of drug-likeness (QED) is 0.241. The van der Waals surface area contributed by atoms with Crippen LogP contribution in [0.2, 0.25) is 0 Å². The van der Waals surface area contributed by atoms with Gasteiger partial charge in [-0.15, -0.1) is 0 Å². The molecular weight excluding hydrogens is 560 g/mol. The van der Waals surface area contributed by atoms with E-state index in [2.05, 4.69) is 10.4 Å². The normalized spacial score (nSPS) is 14.5. The van der Waals surface area contributed by atoms with Crippen LogP contribution in [0.15, 0.2) is 77.7 Å². The van der Waals surface area contributed by atoms with E-state index in [9.17, 15) is 14.4 Å². The molecule has 1 saturated heterocycles. The van der Waals surface area contributed by atoms with Crippen LogP contribution in [-0.2, 0) is 9.53 Å². The molecule has 10 nitrogen and oxygen atoms in total. The molecule has 1 aliphatic heterocycles. The minimum absolute atomic E-state index is 0.154. The SMILES string of the molecule is CCOC(=O)[C@@H]1CCCN(C(=O)c2cccc(Nc3c(Oc4cccc(C)c4C)cnn(-c4ccc(OC)cc4)c3=O)c2)C1. The number of esters is 1. The van der Waals surface area contributed by atoms with Crippen LogP contribution in [0.1, 0.15) is 41.3 Å². The third-order valence-corrected chi connectivity index (χ3v) is 7.74. The summed E-state index contributed by atoms with van der Waals surface area (Å²) in [5, 5.41) is 7.60. The molecular formula is C34H36N4O6. The van der Waals surface area contributed by atoms with Gasteiger partial charge in [0.15, 0.2) is 11.4 Å². The minimum atomic E-state index is -0.442. The lowest BCUT2D eigenvalue weighted by Gasteiger charge is -2.31. The van der Waals surface area contributed by atoms with E-state index < -0.39 is 5.56 Å². The number of ether oxygens (including phenoxy) is 3. The summed E-state index contributed by atoms with van der Waals surface area (Å²) in [5.41, 5.74) is 3.19. The lowest BCUT2D eigenvalue weighted by atomic mass is 9.97. The van der Waals surface area contributed by atoms with Gasteiger partial charge in [-0.1, -0.05) is 18.2 Å². The highest BCUT2D eigenvalue weighted by Crippen LogP contribution is 2.32. The van der Waals surface area contributed by atoms with Crippen LogP contribution >= 0.6 is 0 Å². The summed E-state index contributed by atoms with van der Waals surface area (Å²) in [7, 11) is 1.57. The third kappa shape index (κ3) is 6.59. The number of aryl methyl sites for hydroxylation is 1. The van der Waals surface area contributed by atoms with Crippen molar-refractivity contribution in [2.24, 2.45) is 5.92 Å². The number of amides is 1. The monoisotopic (exact) mass is 596 g/mol. The van der Waals surface area contributed by atoms with Crippen molar-refractivity contribution >= 4 is 23.3 Å². The van der Waals surface area contributed by atoms with E-state index in [-0.39, 0.29) is 29.2 Å². The molecule has 0 bridgehead atoms. The Bertz CT molecular complexity index is 1720. The number of anilines is 2. The number of nitrogens with zero attached hydrogens (tertiary/aromatic N) is 3. The maximum absolute atomic E-state index is 13.9. The topological polar surface area (TPSA) is 112 Å². The number of rotatable bonds is 9. The van der Waals surface area contributed by atoms with Crippen molar-refractivity contribution in [2.75, 3.05) is 32.1 Å². The van der Waals surface area contributed by atoms with E-state index >= 15 is 0 Å². The molecule has 10 heteroatoms. The molecule has 0 radical (unpaired) electrons. The third-order valence-electron chi connectivity index (χ3n) is 7.74. The number of benzene rings is 3. The van der Waals surface area contributed by atoms with Gasteiger partial charge in [-0.2, -0.15) is 9.78 Å². The van der Waals surface area contributed by atoms with Crippen LogP contribution in [0.25, 0.3) is 5.69 Å². The highest BCUT2D eigenvalue weighted by Gasteiger charge is 2.30. The molecule has 5 rings (SSSR count). The Morgan fingerprint density at radius 1 is 1.02 bits per heavy atom. The molecule has 228 valence electrons. The van der Waals surface area contributed by atoms with Crippen molar-refractivity contribution in [3.8, 4) is 22.9 Å². The molecule has 0 spiro atoms. The second-order valence-electron chi connectivity index (χ2n) is 10.6. The Labute approximate surface area is 256 Å². The average Bonchev–Trinajstić information content (AvgIpc) is 3.05. The van der Waals surface area contributed by atoms with Gasteiger partial charge in [0.2, 0.25) is 0 Å². The number of methoxy groups -OCH3 is 1. The molecule has 0 aliphatic carbocycles. The zero-order valence-corrected chi connectivity index (χ0v) is 25.3. The highest BCUT2D eigenvalue weighted by molar-refractivity contribution is 5.95.